The fourth-order valence-corrected chi connectivity index (χ4v) is 3.60. The van der Waals surface area contributed by atoms with Crippen LogP contribution in [0.3, 0.4) is 0 Å². The predicted molar refractivity (Wildman–Crippen MR) is 121 cm³/mol. The lowest BCUT2D eigenvalue weighted by Gasteiger charge is -2.29. The summed E-state index contributed by atoms with van der Waals surface area (Å²) in [4.78, 5) is 15.4. The average molecular weight is 415 g/mol. The summed E-state index contributed by atoms with van der Waals surface area (Å²) in [6, 6.07) is 9.24. The van der Waals surface area contributed by atoms with E-state index < -0.39 is 5.60 Å². The maximum atomic E-state index is 13.3. The Balaban J connectivity index is 0.00000240. The lowest BCUT2D eigenvalue weighted by molar-refractivity contribution is 0.159. The summed E-state index contributed by atoms with van der Waals surface area (Å²) in [6.07, 6.45) is 4.10. The zero-order chi connectivity index (χ0) is 19.9. The summed E-state index contributed by atoms with van der Waals surface area (Å²) in [6.45, 7) is 6.35. The second-order valence-electron chi connectivity index (χ2n) is 8.09. The minimum atomic E-state index is -0.395. The highest BCUT2D eigenvalue weighted by molar-refractivity contribution is 5.95. The van der Waals surface area contributed by atoms with E-state index in [2.05, 4.69) is 16.3 Å². The fourth-order valence-electron chi connectivity index (χ4n) is 3.60. The number of nitrogens with one attached hydrogen (secondary N) is 1. The molecule has 0 atom stereocenters. The van der Waals surface area contributed by atoms with Crippen molar-refractivity contribution in [3.8, 4) is 5.75 Å². The number of para-hydroxylation sites is 1. The zero-order valence-electron chi connectivity index (χ0n) is 17.2. The van der Waals surface area contributed by atoms with Crippen LogP contribution in [0.15, 0.2) is 45.6 Å². The highest BCUT2D eigenvalue weighted by Gasteiger charge is 2.26. The first-order valence-electron chi connectivity index (χ1n) is 9.61. The molecular formula is C23H27ClN2O3. The molecule has 3 aromatic rings. The fraction of sp³-hybridized carbons (Fsp3) is 0.348. The number of halogens is 1. The van der Waals surface area contributed by atoms with E-state index in [9.17, 15) is 4.79 Å². The molecule has 2 heterocycles. The number of fused-ring (bicyclic) bond motifs is 3. The van der Waals surface area contributed by atoms with Crippen molar-refractivity contribution in [2.24, 2.45) is 0 Å². The summed E-state index contributed by atoms with van der Waals surface area (Å²) < 4.78 is 12.3. The van der Waals surface area contributed by atoms with E-state index in [4.69, 9.17) is 9.15 Å². The Morgan fingerprint density at radius 2 is 1.90 bits per heavy atom. The third-order valence-corrected chi connectivity index (χ3v) is 5.04. The first kappa shape index (κ1) is 21.4. The van der Waals surface area contributed by atoms with Crippen LogP contribution in [0.1, 0.15) is 25.0 Å². The van der Waals surface area contributed by atoms with E-state index in [0.29, 0.717) is 28.5 Å². The molecule has 1 aliphatic rings. The molecule has 2 aromatic carbocycles. The monoisotopic (exact) mass is 414 g/mol. The van der Waals surface area contributed by atoms with Gasteiger partial charge in [0.25, 0.3) is 0 Å². The number of ether oxygens (including phenoxy) is 1. The van der Waals surface area contributed by atoms with Crippen LogP contribution in [0.4, 0.5) is 0 Å². The van der Waals surface area contributed by atoms with Gasteiger partial charge in [0, 0.05) is 31.3 Å². The molecule has 0 spiro atoms. The molecule has 4 rings (SSSR count). The Bertz CT molecular complexity index is 1130. The van der Waals surface area contributed by atoms with Gasteiger partial charge in [-0.3, -0.25) is 4.79 Å². The molecule has 6 heteroatoms. The minimum absolute atomic E-state index is 0. The Hall–Kier alpha value is -2.34. The van der Waals surface area contributed by atoms with Crippen LogP contribution in [0.25, 0.3) is 28.0 Å². The van der Waals surface area contributed by atoms with Gasteiger partial charge in [-0.05, 0) is 51.7 Å². The second-order valence-corrected chi connectivity index (χ2v) is 8.09. The van der Waals surface area contributed by atoms with Gasteiger partial charge in [-0.15, -0.1) is 12.4 Å². The lowest BCUT2D eigenvalue weighted by atomic mass is 9.95. The quantitative estimate of drug-likeness (QED) is 0.500. The van der Waals surface area contributed by atoms with Gasteiger partial charge in [0.05, 0.1) is 10.8 Å². The molecule has 1 N–H and O–H groups in total. The van der Waals surface area contributed by atoms with Gasteiger partial charge in [0.1, 0.15) is 22.5 Å². The number of likely N-dealkylation sites (N-methyl/N-ethyl adjacent to an activating group) is 1. The van der Waals surface area contributed by atoms with Gasteiger partial charge in [0.2, 0.25) is 5.43 Å². The van der Waals surface area contributed by atoms with Crippen LogP contribution in [0.5, 0.6) is 5.75 Å². The third-order valence-electron chi connectivity index (χ3n) is 5.04. The van der Waals surface area contributed by atoms with E-state index in [-0.39, 0.29) is 17.8 Å². The topological polar surface area (TPSA) is 54.7 Å². The number of benzene rings is 2. The zero-order valence-corrected chi connectivity index (χ0v) is 18.1. The van der Waals surface area contributed by atoms with Crippen LogP contribution in [-0.4, -0.2) is 37.7 Å². The molecule has 1 aliphatic heterocycles. The molecule has 0 aliphatic carbocycles. The summed E-state index contributed by atoms with van der Waals surface area (Å²) >= 11 is 0. The van der Waals surface area contributed by atoms with E-state index in [0.717, 1.165) is 30.0 Å². The first-order chi connectivity index (χ1) is 13.4. The number of hydrogen-bond donors (Lipinski definition) is 1. The second kappa shape index (κ2) is 8.19. The minimum Gasteiger partial charge on any atom is -0.483 e. The maximum absolute atomic E-state index is 13.3. The molecule has 5 nitrogen and oxygen atoms in total. The van der Waals surface area contributed by atoms with Crippen molar-refractivity contribution in [3.05, 3.63) is 57.8 Å². The molecule has 0 fully saturated rings. The van der Waals surface area contributed by atoms with Crippen molar-refractivity contribution < 1.29 is 9.15 Å². The van der Waals surface area contributed by atoms with E-state index in [1.165, 1.54) is 0 Å². The molecule has 0 amide bonds. The van der Waals surface area contributed by atoms with Crippen molar-refractivity contribution in [2.45, 2.75) is 26.0 Å². The van der Waals surface area contributed by atoms with E-state index in [1.54, 1.807) is 0 Å². The largest absolute Gasteiger partial charge is 0.483 e. The molecule has 154 valence electrons. The van der Waals surface area contributed by atoms with Gasteiger partial charge in [0.15, 0.2) is 0 Å². The molecule has 0 radical (unpaired) electrons. The van der Waals surface area contributed by atoms with E-state index in [1.807, 2.05) is 64.4 Å². The summed E-state index contributed by atoms with van der Waals surface area (Å²) in [7, 11) is 4.09. The molecule has 1 aromatic heterocycles. The van der Waals surface area contributed by atoms with Gasteiger partial charge in [-0.25, -0.2) is 0 Å². The standard InChI is InChI=1S/C23H26N2O3.ClH/c1-23(2)10-9-15-17(14-24-11-12-25(3)4)21-20(13-19(15)28-23)27-18-8-6-5-7-16(18)22(21)26;/h5-10,13,24H,11-12,14H2,1-4H3;1H. The van der Waals surface area contributed by atoms with Crippen LogP contribution in [0, 0.1) is 0 Å². The Labute approximate surface area is 176 Å². The van der Waals surface area contributed by atoms with Gasteiger partial charge in [-0.2, -0.15) is 0 Å². The van der Waals surface area contributed by atoms with Crippen molar-refractivity contribution in [2.75, 3.05) is 27.2 Å². The highest BCUT2D eigenvalue weighted by atomic mass is 35.5. The number of nitrogens with zero attached hydrogens (tertiary/aromatic N) is 1. The van der Waals surface area contributed by atoms with Crippen molar-refractivity contribution in [1.29, 1.82) is 0 Å². The average Bonchev–Trinajstić information content (AvgIpc) is 2.63. The Morgan fingerprint density at radius 1 is 1.14 bits per heavy atom. The highest BCUT2D eigenvalue weighted by Crippen LogP contribution is 2.37. The van der Waals surface area contributed by atoms with E-state index >= 15 is 0 Å². The number of rotatable bonds is 5. The lowest BCUT2D eigenvalue weighted by Crippen LogP contribution is -2.29. The third kappa shape index (κ3) is 4.17. The predicted octanol–water partition coefficient (Wildman–Crippen LogP) is 4.20. The molecule has 0 unspecified atom stereocenters. The van der Waals surface area contributed by atoms with Gasteiger partial charge < -0.3 is 19.4 Å². The molecule has 0 saturated carbocycles. The van der Waals surface area contributed by atoms with Crippen molar-refractivity contribution >= 4 is 40.4 Å². The summed E-state index contributed by atoms with van der Waals surface area (Å²) in [5, 5.41) is 4.69. The van der Waals surface area contributed by atoms with Crippen LogP contribution < -0.4 is 15.5 Å². The van der Waals surface area contributed by atoms with Crippen LogP contribution in [-0.2, 0) is 6.54 Å². The Kier molecular flexibility index (Phi) is 6.03. The normalized spacial score (nSPS) is 14.7. The van der Waals surface area contributed by atoms with Crippen LogP contribution >= 0.6 is 12.4 Å². The summed E-state index contributed by atoms with van der Waals surface area (Å²) in [5.74, 6) is 0.753. The SMILES string of the molecule is CN(C)CCNCc1c2c(cc3oc4ccccc4c(=O)c13)OC(C)(C)C=C2.Cl. The molecule has 0 bridgehead atoms. The van der Waals surface area contributed by atoms with Gasteiger partial charge in [-0.1, -0.05) is 18.2 Å². The van der Waals surface area contributed by atoms with Gasteiger partial charge >= 0.3 is 0 Å². The van der Waals surface area contributed by atoms with Crippen LogP contribution in [0.2, 0.25) is 0 Å². The number of hydrogen-bond acceptors (Lipinski definition) is 5. The summed E-state index contributed by atoms with van der Waals surface area (Å²) in [5.41, 5.74) is 2.65. The maximum Gasteiger partial charge on any atom is 0.200 e. The van der Waals surface area contributed by atoms with Crippen molar-refractivity contribution in [3.63, 3.8) is 0 Å². The molecule has 29 heavy (non-hydrogen) atoms. The molecule has 0 saturated heterocycles. The first-order valence-corrected chi connectivity index (χ1v) is 9.61. The van der Waals surface area contributed by atoms with Crippen molar-refractivity contribution in [1.82, 2.24) is 10.2 Å². The smallest absolute Gasteiger partial charge is 0.200 e. The Morgan fingerprint density at radius 3 is 2.66 bits per heavy atom. The molecular weight excluding hydrogens is 388 g/mol.